The van der Waals surface area contributed by atoms with Crippen LogP contribution >= 0.6 is 23.2 Å². The first kappa shape index (κ1) is 15.6. The zero-order valence-corrected chi connectivity index (χ0v) is 13.7. The van der Waals surface area contributed by atoms with Crippen molar-refractivity contribution < 1.29 is 0 Å². The molecule has 2 aromatic carbocycles. The van der Waals surface area contributed by atoms with Crippen LogP contribution in [0.5, 0.6) is 0 Å². The van der Waals surface area contributed by atoms with Gasteiger partial charge in [-0.3, -0.25) is 0 Å². The third-order valence-electron chi connectivity index (χ3n) is 3.14. The summed E-state index contributed by atoms with van der Waals surface area (Å²) in [6.45, 7) is 0.602. The lowest BCUT2D eigenvalue weighted by Crippen LogP contribution is -1.97. The lowest BCUT2D eigenvalue weighted by Gasteiger charge is -2.02. The van der Waals surface area contributed by atoms with E-state index in [1.807, 2.05) is 60.8 Å². The Labute approximate surface area is 144 Å². The van der Waals surface area contributed by atoms with Crippen molar-refractivity contribution in [1.82, 2.24) is 14.8 Å². The molecule has 0 unspecified atom stereocenters. The quantitative estimate of drug-likeness (QED) is 0.717. The van der Waals surface area contributed by atoms with Crippen LogP contribution in [0, 0.1) is 0 Å². The topological polar surface area (TPSA) is 42.7 Å². The van der Waals surface area contributed by atoms with Crippen molar-refractivity contribution in [2.45, 2.75) is 6.54 Å². The summed E-state index contributed by atoms with van der Waals surface area (Å²) in [7, 11) is 0. The number of hydrogen-bond donors (Lipinski definition) is 1. The van der Waals surface area contributed by atoms with Gasteiger partial charge in [-0.05, 0) is 36.5 Å². The Kier molecular flexibility index (Phi) is 4.95. The van der Waals surface area contributed by atoms with Crippen LogP contribution in [0.15, 0.2) is 67.1 Å². The molecule has 0 bridgehead atoms. The Morgan fingerprint density at radius 1 is 1.09 bits per heavy atom. The number of nitrogens with one attached hydrogen (secondary N) is 1. The van der Waals surface area contributed by atoms with Gasteiger partial charge in [0.05, 0.1) is 17.3 Å². The lowest BCUT2D eigenvalue weighted by molar-refractivity contribution is 0.701. The van der Waals surface area contributed by atoms with Crippen LogP contribution in [-0.4, -0.2) is 14.8 Å². The highest BCUT2D eigenvalue weighted by Gasteiger charge is 2.03. The molecule has 0 aliphatic heterocycles. The molecular weight excluding hydrogens is 331 g/mol. The summed E-state index contributed by atoms with van der Waals surface area (Å²) in [6.07, 6.45) is 5.47. The van der Waals surface area contributed by atoms with Crippen molar-refractivity contribution in [3.63, 3.8) is 0 Å². The van der Waals surface area contributed by atoms with E-state index in [-0.39, 0.29) is 0 Å². The highest BCUT2D eigenvalue weighted by molar-refractivity contribution is 6.33. The number of nitrogens with zero attached hydrogens (tertiary/aromatic N) is 3. The molecule has 0 fully saturated rings. The fourth-order valence-electron chi connectivity index (χ4n) is 2.03. The molecule has 116 valence electrons. The second-order valence-corrected chi connectivity index (χ2v) is 5.67. The van der Waals surface area contributed by atoms with E-state index in [1.165, 1.54) is 0 Å². The van der Waals surface area contributed by atoms with E-state index < -0.39 is 0 Å². The monoisotopic (exact) mass is 344 g/mol. The van der Waals surface area contributed by atoms with Crippen LogP contribution < -0.4 is 5.32 Å². The van der Waals surface area contributed by atoms with Gasteiger partial charge in [0.15, 0.2) is 5.82 Å². The minimum atomic E-state index is 0.602. The van der Waals surface area contributed by atoms with Gasteiger partial charge in [0, 0.05) is 10.6 Å². The maximum Gasteiger partial charge on any atom is 0.181 e. The number of anilines is 1. The predicted octanol–water partition coefficient (Wildman–Crippen LogP) is 4.88. The first-order valence-electron chi connectivity index (χ1n) is 7.04. The second-order valence-electron chi connectivity index (χ2n) is 4.83. The molecule has 23 heavy (non-hydrogen) atoms. The molecule has 0 spiro atoms. The summed E-state index contributed by atoms with van der Waals surface area (Å²) in [5.74, 6) is 0.653. The van der Waals surface area contributed by atoms with Crippen molar-refractivity contribution >= 4 is 28.9 Å². The Morgan fingerprint density at radius 2 is 1.96 bits per heavy atom. The number of hydrogen-bond acceptors (Lipinski definition) is 3. The van der Waals surface area contributed by atoms with Crippen molar-refractivity contribution in [2.75, 3.05) is 5.32 Å². The molecule has 0 amide bonds. The smallest absolute Gasteiger partial charge is 0.181 e. The van der Waals surface area contributed by atoms with Gasteiger partial charge in [-0.1, -0.05) is 47.5 Å². The Bertz CT molecular complexity index is 827. The van der Waals surface area contributed by atoms with E-state index in [2.05, 4.69) is 15.4 Å². The van der Waals surface area contributed by atoms with Crippen LogP contribution in [0.4, 0.5) is 5.69 Å². The molecule has 1 aromatic heterocycles. The zero-order chi connectivity index (χ0) is 16.1. The standard InChI is InChI=1S/C17H14Cl2N4/c18-14-6-3-5-13(11-14)17-21-12-23(22-17)10-4-9-20-16-8-2-1-7-15(16)19/h1-9,11-12,20H,10H2/b9-4+. The second kappa shape index (κ2) is 7.31. The van der Waals surface area contributed by atoms with E-state index >= 15 is 0 Å². The molecule has 6 heteroatoms. The average molecular weight is 345 g/mol. The number of allylic oxidation sites excluding steroid dienone is 1. The van der Waals surface area contributed by atoms with Crippen LogP contribution in [0.3, 0.4) is 0 Å². The summed E-state index contributed by atoms with van der Waals surface area (Å²) in [5, 5.41) is 8.91. The van der Waals surface area contributed by atoms with E-state index in [9.17, 15) is 0 Å². The number of halogens is 2. The highest BCUT2D eigenvalue weighted by Crippen LogP contribution is 2.20. The van der Waals surface area contributed by atoms with Gasteiger partial charge in [0.25, 0.3) is 0 Å². The van der Waals surface area contributed by atoms with Crippen molar-refractivity contribution in [1.29, 1.82) is 0 Å². The van der Waals surface area contributed by atoms with Crippen LogP contribution in [0.2, 0.25) is 10.0 Å². The van der Waals surface area contributed by atoms with E-state index in [1.54, 1.807) is 11.0 Å². The highest BCUT2D eigenvalue weighted by atomic mass is 35.5. The Balaban J connectivity index is 1.61. The lowest BCUT2D eigenvalue weighted by atomic mass is 10.2. The van der Waals surface area contributed by atoms with Gasteiger partial charge in [-0.15, -0.1) is 0 Å². The van der Waals surface area contributed by atoms with Crippen molar-refractivity contribution in [3.05, 3.63) is 77.2 Å². The Morgan fingerprint density at radius 3 is 2.78 bits per heavy atom. The molecular formula is C17H14Cl2N4. The van der Waals surface area contributed by atoms with E-state index in [0.29, 0.717) is 22.4 Å². The fourth-order valence-corrected chi connectivity index (χ4v) is 2.41. The van der Waals surface area contributed by atoms with Crippen molar-refractivity contribution in [2.24, 2.45) is 0 Å². The Hall–Kier alpha value is -2.30. The number of para-hydroxylation sites is 1. The molecule has 0 aliphatic carbocycles. The molecule has 0 aliphatic rings. The van der Waals surface area contributed by atoms with E-state index in [0.717, 1.165) is 11.3 Å². The van der Waals surface area contributed by atoms with Crippen LogP contribution in [0.25, 0.3) is 11.4 Å². The normalized spacial score (nSPS) is 11.0. The molecule has 1 N–H and O–H groups in total. The van der Waals surface area contributed by atoms with Gasteiger partial charge in [-0.2, -0.15) is 5.10 Å². The molecule has 0 radical (unpaired) electrons. The fraction of sp³-hybridized carbons (Fsp3) is 0.0588. The first-order chi connectivity index (χ1) is 11.2. The molecule has 3 aromatic rings. The zero-order valence-electron chi connectivity index (χ0n) is 12.2. The molecule has 1 heterocycles. The van der Waals surface area contributed by atoms with Gasteiger partial charge >= 0.3 is 0 Å². The molecule has 0 saturated carbocycles. The van der Waals surface area contributed by atoms with E-state index in [4.69, 9.17) is 23.2 Å². The molecule has 3 rings (SSSR count). The summed E-state index contributed by atoms with van der Waals surface area (Å²) >= 11 is 12.1. The number of aromatic nitrogens is 3. The SMILES string of the molecule is Clc1cccc(-c2ncn(C/C=C/Nc3ccccc3Cl)n2)c1. The van der Waals surface area contributed by atoms with Gasteiger partial charge in [0.2, 0.25) is 0 Å². The van der Waals surface area contributed by atoms with Gasteiger partial charge in [0.1, 0.15) is 6.33 Å². The molecule has 0 saturated heterocycles. The number of benzene rings is 2. The van der Waals surface area contributed by atoms with Crippen LogP contribution in [-0.2, 0) is 6.54 Å². The predicted molar refractivity (Wildman–Crippen MR) is 94.7 cm³/mol. The summed E-state index contributed by atoms with van der Waals surface area (Å²) in [4.78, 5) is 4.30. The minimum absolute atomic E-state index is 0.602. The third-order valence-corrected chi connectivity index (χ3v) is 3.71. The average Bonchev–Trinajstić information content (AvgIpc) is 3.02. The van der Waals surface area contributed by atoms with Crippen LogP contribution in [0.1, 0.15) is 0 Å². The molecule has 4 nitrogen and oxygen atoms in total. The summed E-state index contributed by atoms with van der Waals surface area (Å²) < 4.78 is 1.75. The maximum atomic E-state index is 6.07. The van der Waals surface area contributed by atoms with Crippen molar-refractivity contribution in [3.8, 4) is 11.4 Å². The molecule has 0 atom stereocenters. The third kappa shape index (κ3) is 4.12. The maximum absolute atomic E-state index is 6.07. The van der Waals surface area contributed by atoms with Gasteiger partial charge in [-0.25, -0.2) is 9.67 Å². The largest absolute Gasteiger partial charge is 0.361 e. The summed E-state index contributed by atoms with van der Waals surface area (Å²) in [6, 6.07) is 15.1. The van der Waals surface area contributed by atoms with Gasteiger partial charge < -0.3 is 5.32 Å². The summed E-state index contributed by atoms with van der Waals surface area (Å²) in [5.41, 5.74) is 1.76. The minimum Gasteiger partial charge on any atom is -0.361 e. The first-order valence-corrected chi connectivity index (χ1v) is 7.79. The number of rotatable bonds is 5.